The van der Waals surface area contributed by atoms with E-state index in [9.17, 15) is 10.1 Å². The zero-order valence-corrected chi connectivity index (χ0v) is 9.88. The van der Waals surface area contributed by atoms with Crippen molar-refractivity contribution in [3.05, 3.63) is 32.3 Å². The number of hydrogen-bond acceptors (Lipinski definition) is 3. The number of rotatable bonds is 3. The maximum atomic E-state index is 10.8. The summed E-state index contributed by atoms with van der Waals surface area (Å²) in [6.45, 7) is 0. The van der Waals surface area contributed by atoms with Crippen molar-refractivity contribution < 1.29 is 4.92 Å². The maximum absolute atomic E-state index is 10.8. The summed E-state index contributed by atoms with van der Waals surface area (Å²) in [6.07, 6.45) is 3.24. The highest BCUT2D eigenvalue weighted by molar-refractivity contribution is 6.42. The Bertz CT molecular complexity index is 433. The Morgan fingerprint density at radius 1 is 1.31 bits per heavy atom. The van der Waals surface area contributed by atoms with Crippen LogP contribution in [0.25, 0.3) is 0 Å². The Morgan fingerprint density at radius 3 is 2.44 bits per heavy atom. The molecule has 1 fully saturated rings. The topological polar surface area (TPSA) is 55.2 Å². The minimum atomic E-state index is -0.455. The van der Waals surface area contributed by atoms with Gasteiger partial charge in [-0.3, -0.25) is 10.1 Å². The largest absolute Gasteiger partial charge is 0.377 e. The first-order valence-electron chi connectivity index (χ1n) is 4.98. The molecule has 0 unspecified atom stereocenters. The fourth-order valence-corrected chi connectivity index (χ4v) is 1.90. The lowest BCUT2D eigenvalue weighted by atomic mass is 9.93. The van der Waals surface area contributed by atoms with Crippen LogP contribution >= 0.6 is 23.2 Å². The third-order valence-corrected chi connectivity index (χ3v) is 3.42. The predicted octanol–water partition coefficient (Wildman–Crippen LogP) is 3.87. The van der Waals surface area contributed by atoms with Crippen molar-refractivity contribution in [2.45, 2.75) is 25.3 Å². The zero-order chi connectivity index (χ0) is 11.7. The number of benzene rings is 1. The van der Waals surface area contributed by atoms with Crippen molar-refractivity contribution in [1.82, 2.24) is 0 Å². The van der Waals surface area contributed by atoms with E-state index < -0.39 is 4.92 Å². The van der Waals surface area contributed by atoms with E-state index in [1.807, 2.05) is 0 Å². The summed E-state index contributed by atoms with van der Waals surface area (Å²) in [5.74, 6) is 0. The first-order chi connectivity index (χ1) is 7.58. The van der Waals surface area contributed by atoms with E-state index in [0.717, 1.165) is 19.3 Å². The lowest BCUT2D eigenvalue weighted by Gasteiger charge is -2.27. The van der Waals surface area contributed by atoms with Crippen LogP contribution in [0, 0.1) is 10.1 Å². The smallest absolute Gasteiger partial charge is 0.293 e. The van der Waals surface area contributed by atoms with E-state index in [0.29, 0.717) is 16.8 Å². The van der Waals surface area contributed by atoms with Crippen LogP contribution in [0.3, 0.4) is 0 Å². The molecular weight excluding hydrogens is 251 g/mol. The van der Waals surface area contributed by atoms with E-state index in [1.165, 1.54) is 12.1 Å². The van der Waals surface area contributed by atoms with Gasteiger partial charge in [-0.2, -0.15) is 0 Å². The van der Waals surface area contributed by atoms with E-state index in [4.69, 9.17) is 23.2 Å². The average Bonchev–Trinajstić information content (AvgIpc) is 2.16. The quantitative estimate of drug-likeness (QED) is 0.663. The Balaban J connectivity index is 2.32. The first kappa shape index (κ1) is 11.5. The van der Waals surface area contributed by atoms with Crippen molar-refractivity contribution in [2.75, 3.05) is 5.32 Å². The molecule has 2 rings (SSSR count). The van der Waals surface area contributed by atoms with E-state index in [2.05, 4.69) is 5.32 Å². The summed E-state index contributed by atoms with van der Waals surface area (Å²) in [6, 6.07) is 3.11. The van der Waals surface area contributed by atoms with Crippen molar-refractivity contribution in [3.8, 4) is 0 Å². The standard InChI is InChI=1S/C10H10Cl2N2O2/c11-7-4-9(13-6-2-1-3-6)10(14(15)16)5-8(7)12/h4-6,13H,1-3H2. The van der Waals surface area contributed by atoms with Crippen LogP contribution < -0.4 is 5.32 Å². The van der Waals surface area contributed by atoms with E-state index in [1.54, 1.807) is 0 Å². The number of nitrogens with one attached hydrogen (secondary N) is 1. The molecule has 0 amide bonds. The molecule has 0 radical (unpaired) electrons. The summed E-state index contributed by atoms with van der Waals surface area (Å²) in [7, 11) is 0. The summed E-state index contributed by atoms with van der Waals surface area (Å²) < 4.78 is 0. The number of anilines is 1. The molecule has 1 saturated carbocycles. The second-order valence-electron chi connectivity index (χ2n) is 3.81. The van der Waals surface area contributed by atoms with E-state index in [-0.39, 0.29) is 10.7 Å². The van der Waals surface area contributed by atoms with Crippen LogP contribution in [-0.4, -0.2) is 11.0 Å². The molecular formula is C10H10Cl2N2O2. The molecule has 0 aromatic heterocycles. The first-order valence-corrected chi connectivity index (χ1v) is 5.73. The second-order valence-corrected chi connectivity index (χ2v) is 4.63. The van der Waals surface area contributed by atoms with Gasteiger partial charge < -0.3 is 5.32 Å². The van der Waals surface area contributed by atoms with Gasteiger partial charge in [0.25, 0.3) is 5.69 Å². The monoisotopic (exact) mass is 260 g/mol. The number of nitro benzene ring substituents is 1. The molecule has 6 heteroatoms. The maximum Gasteiger partial charge on any atom is 0.293 e. The summed E-state index contributed by atoms with van der Waals surface area (Å²) in [5.41, 5.74) is 0.422. The minimum absolute atomic E-state index is 0.0266. The number of nitrogens with zero attached hydrogens (tertiary/aromatic N) is 1. The Labute approximate surface area is 103 Å². The van der Waals surface area contributed by atoms with Crippen LogP contribution in [0.4, 0.5) is 11.4 Å². The van der Waals surface area contributed by atoms with Crippen LogP contribution in [0.15, 0.2) is 12.1 Å². The average molecular weight is 261 g/mol. The molecule has 1 aliphatic rings. The molecule has 4 nitrogen and oxygen atoms in total. The van der Waals surface area contributed by atoms with Gasteiger partial charge in [0.15, 0.2) is 0 Å². The molecule has 1 aliphatic carbocycles. The third-order valence-electron chi connectivity index (χ3n) is 2.70. The van der Waals surface area contributed by atoms with Crippen LogP contribution in [0.1, 0.15) is 19.3 Å². The Kier molecular flexibility index (Phi) is 3.21. The molecule has 1 aromatic rings. The van der Waals surface area contributed by atoms with Gasteiger partial charge in [-0.1, -0.05) is 23.2 Å². The number of hydrogen-bond donors (Lipinski definition) is 1. The molecule has 16 heavy (non-hydrogen) atoms. The highest BCUT2D eigenvalue weighted by Crippen LogP contribution is 2.36. The highest BCUT2D eigenvalue weighted by atomic mass is 35.5. The third kappa shape index (κ3) is 2.23. The van der Waals surface area contributed by atoms with Gasteiger partial charge in [-0.05, 0) is 25.3 Å². The lowest BCUT2D eigenvalue weighted by molar-refractivity contribution is -0.384. The minimum Gasteiger partial charge on any atom is -0.377 e. The number of nitro groups is 1. The lowest BCUT2D eigenvalue weighted by Crippen LogP contribution is -2.27. The van der Waals surface area contributed by atoms with Crippen molar-refractivity contribution in [1.29, 1.82) is 0 Å². The summed E-state index contributed by atoms with van der Waals surface area (Å²) >= 11 is 11.6. The van der Waals surface area contributed by atoms with Gasteiger partial charge in [-0.15, -0.1) is 0 Å². The Morgan fingerprint density at radius 2 is 1.94 bits per heavy atom. The van der Waals surface area contributed by atoms with Gasteiger partial charge in [0.2, 0.25) is 0 Å². The van der Waals surface area contributed by atoms with Gasteiger partial charge in [0, 0.05) is 12.1 Å². The van der Waals surface area contributed by atoms with Gasteiger partial charge >= 0.3 is 0 Å². The summed E-state index contributed by atoms with van der Waals surface area (Å²) in [4.78, 5) is 10.4. The fraction of sp³-hybridized carbons (Fsp3) is 0.400. The van der Waals surface area contributed by atoms with Crippen LogP contribution in [-0.2, 0) is 0 Å². The van der Waals surface area contributed by atoms with Gasteiger partial charge in [0.05, 0.1) is 15.0 Å². The molecule has 0 saturated heterocycles. The molecule has 0 aliphatic heterocycles. The molecule has 1 N–H and O–H groups in total. The van der Waals surface area contributed by atoms with Crippen LogP contribution in [0.2, 0.25) is 10.0 Å². The molecule has 86 valence electrons. The zero-order valence-electron chi connectivity index (χ0n) is 8.37. The second kappa shape index (κ2) is 4.47. The highest BCUT2D eigenvalue weighted by Gasteiger charge is 2.22. The number of halogens is 2. The molecule has 0 spiro atoms. The van der Waals surface area contributed by atoms with Crippen molar-refractivity contribution in [2.24, 2.45) is 0 Å². The van der Waals surface area contributed by atoms with Crippen molar-refractivity contribution in [3.63, 3.8) is 0 Å². The Hall–Kier alpha value is -1.00. The van der Waals surface area contributed by atoms with Crippen molar-refractivity contribution >= 4 is 34.6 Å². The SMILES string of the molecule is O=[N+]([O-])c1cc(Cl)c(Cl)cc1NC1CCC1. The molecule has 0 atom stereocenters. The van der Waals surface area contributed by atoms with Gasteiger partial charge in [-0.25, -0.2) is 0 Å². The summed E-state index contributed by atoms with van der Waals surface area (Å²) in [5, 5.41) is 14.5. The molecule has 1 aromatic carbocycles. The van der Waals surface area contributed by atoms with Gasteiger partial charge in [0.1, 0.15) is 5.69 Å². The normalized spacial score (nSPS) is 15.6. The van der Waals surface area contributed by atoms with E-state index >= 15 is 0 Å². The predicted molar refractivity (Wildman–Crippen MR) is 64.4 cm³/mol. The fourth-order valence-electron chi connectivity index (χ4n) is 1.58. The van der Waals surface area contributed by atoms with Crippen LogP contribution in [0.5, 0.6) is 0 Å². The molecule has 0 heterocycles. The molecule has 0 bridgehead atoms.